The molecule has 94 valence electrons. The maximum atomic E-state index is 11.3. The molecular formula is C11H15BrN2O3. The van der Waals surface area contributed by atoms with Crippen LogP contribution in [0.25, 0.3) is 0 Å². The Bertz CT molecular complexity index is 343. The first kappa shape index (κ1) is 13.9. The molecule has 0 aliphatic heterocycles. The van der Waals surface area contributed by atoms with Gasteiger partial charge in [0.25, 0.3) is 0 Å². The Kier molecular flexibility index (Phi) is 6.57. The second kappa shape index (κ2) is 8.03. The average molecular weight is 303 g/mol. The Hall–Kier alpha value is -1.14. The topological polar surface area (TPSA) is 60.5 Å². The predicted molar refractivity (Wildman–Crippen MR) is 68.6 cm³/mol. The summed E-state index contributed by atoms with van der Waals surface area (Å²) in [4.78, 5) is 15.4. The van der Waals surface area contributed by atoms with Crippen LogP contribution >= 0.6 is 15.9 Å². The molecule has 0 spiro atoms. The first-order valence-electron chi connectivity index (χ1n) is 5.20. The van der Waals surface area contributed by atoms with Gasteiger partial charge in [-0.25, -0.2) is 4.98 Å². The number of methoxy groups -OCH3 is 1. The molecule has 1 rings (SSSR count). The summed E-state index contributed by atoms with van der Waals surface area (Å²) in [5, 5.41) is 3.37. The molecule has 0 aliphatic carbocycles. The van der Waals surface area contributed by atoms with E-state index in [2.05, 4.69) is 26.2 Å². The van der Waals surface area contributed by atoms with Crippen LogP contribution in [-0.2, 0) is 9.53 Å². The molecule has 0 radical (unpaired) electrons. The molecule has 5 nitrogen and oxygen atoms in total. The van der Waals surface area contributed by atoms with Crippen molar-refractivity contribution in [1.29, 1.82) is 0 Å². The van der Waals surface area contributed by atoms with Crippen molar-refractivity contribution < 1.29 is 14.3 Å². The van der Waals surface area contributed by atoms with Crippen molar-refractivity contribution in [2.24, 2.45) is 0 Å². The second-order valence-corrected chi connectivity index (χ2v) is 4.01. The van der Waals surface area contributed by atoms with Crippen molar-refractivity contribution >= 4 is 27.5 Å². The molecular weight excluding hydrogens is 288 g/mol. The summed E-state index contributed by atoms with van der Waals surface area (Å²) >= 11 is 3.20. The lowest BCUT2D eigenvalue weighted by Crippen LogP contribution is -2.12. The molecule has 0 bridgehead atoms. The van der Waals surface area contributed by atoms with Crippen LogP contribution in [0, 0.1) is 0 Å². The zero-order valence-electron chi connectivity index (χ0n) is 9.61. The predicted octanol–water partition coefficient (Wildman–Crippen LogP) is 1.83. The highest BCUT2D eigenvalue weighted by Crippen LogP contribution is 2.11. The van der Waals surface area contributed by atoms with E-state index in [0.717, 1.165) is 0 Å². The number of carbonyl (C=O) groups excluding carboxylic acids is 1. The second-order valence-electron chi connectivity index (χ2n) is 3.21. The van der Waals surface area contributed by atoms with E-state index in [-0.39, 0.29) is 5.91 Å². The molecule has 0 aliphatic rings. The van der Waals surface area contributed by atoms with Crippen molar-refractivity contribution in [3.63, 3.8) is 0 Å². The summed E-state index contributed by atoms with van der Waals surface area (Å²) in [6.07, 6.45) is 2.00. The Labute approximate surface area is 109 Å². The molecule has 1 amide bonds. The van der Waals surface area contributed by atoms with Gasteiger partial charge >= 0.3 is 0 Å². The Morgan fingerprint density at radius 2 is 2.29 bits per heavy atom. The summed E-state index contributed by atoms with van der Waals surface area (Å²) < 4.78 is 10.2. The number of hydrogen-bond donors (Lipinski definition) is 1. The molecule has 0 unspecified atom stereocenters. The number of alkyl halides is 1. The van der Waals surface area contributed by atoms with Crippen LogP contribution in [0.4, 0.5) is 5.69 Å². The van der Waals surface area contributed by atoms with Gasteiger partial charge < -0.3 is 14.8 Å². The van der Waals surface area contributed by atoms with E-state index >= 15 is 0 Å². The van der Waals surface area contributed by atoms with Crippen LogP contribution in [-0.4, -0.2) is 36.5 Å². The van der Waals surface area contributed by atoms with Gasteiger partial charge in [-0.1, -0.05) is 15.9 Å². The summed E-state index contributed by atoms with van der Waals surface area (Å²) in [6, 6.07) is 3.46. The highest BCUT2D eigenvalue weighted by atomic mass is 79.9. The van der Waals surface area contributed by atoms with Crippen molar-refractivity contribution in [1.82, 2.24) is 4.98 Å². The fourth-order valence-corrected chi connectivity index (χ4v) is 1.44. The lowest BCUT2D eigenvalue weighted by atomic mass is 10.4. The third-order valence-electron chi connectivity index (χ3n) is 1.88. The number of anilines is 1. The van der Waals surface area contributed by atoms with Gasteiger partial charge in [0.15, 0.2) is 0 Å². The first-order valence-corrected chi connectivity index (χ1v) is 6.32. The maximum Gasteiger partial charge on any atom is 0.225 e. The van der Waals surface area contributed by atoms with Crippen LogP contribution in [0.5, 0.6) is 5.88 Å². The smallest absolute Gasteiger partial charge is 0.225 e. The zero-order chi connectivity index (χ0) is 12.5. The molecule has 0 atom stereocenters. The quantitative estimate of drug-likeness (QED) is 0.617. The van der Waals surface area contributed by atoms with Crippen LogP contribution in [0.15, 0.2) is 18.3 Å². The minimum Gasteiger partial charge on any atom is -0.475 e. The minimum absolute atomic E-state index is 0.0447. The van der Waals surface area contributed by atoms with Gasteiger partial charge in [-0.15, -0.1) is 0 Å². The van der Waals surface area contributed by atoms with E-state index < -0.39 is 0 Å². The van der Waals surface area contributed by atoms with Crippen molar-refractivity contribution in [3.05, 3.63) is 18.3 Å². The molecule has 0 saturated heterocycles. The van der Waals surface area contributed by atoms with E-state index in [0.29, 0.717) is 36.5 Å². The SMILES string of the molecule is COCCOc1ccc(NC(=O)CCBr)cn1. The number of halogens is 1. The molecule has 1 aromatic rings. The van der Waals surface area contributed by atoms with Gasteiger partial charge in [0.05, 0.1) is 18.5 Å². The Balaban J connectivity index is 2.41. The van der Waals surface area contributed by atoms with E-state index in [1.807, 2.05) is 0 Å². The summed E-state index contributed by atoms with van der Waals surface area (Å²) in [5.41, 5.74) is 0.662. The number of nitrogens with one attached hydrogen (secondary N) is 1. The number of rotatable bonds is 7. The lowest BCUT2D eigenvalue weighted by Gasteiger charge is -2.06. The number of aromatic nitrogens is 1. The summed E-state index contributed by atoms with van der Waals surface area (Å²) in [6.45, 7) is 0.976. The molecule has 1 heterocycles. The van der Waals surface area contributed by atoms with Crippen molar-refractivity contribution in [2.75, 3.05) is 31.0 Å². The average Bonchev–Trinajstić information content (AvgIpc) is 2.32. The van der Waals surface area contributed by atoms with Crippen molar-refractivity contribution in [3.8, 4) is 5.88 Å². The highest BCUT2D eigenvalue weighted by Gasteiger charge is 2.02. The standard InChI is InChI=1S/C11H15BrN2O3/c1-16-6-7-17-11-3-2-9(8-13-11)14-10(15)4-5-12/h2-3,8H,4-7H2,1H3,(H,14,15). The van der Waals surface area contributed by atoms with Gasteiger partial charge in [0, 0.05) is 24.9 Å². The number of ether oxygens (including phenoxy) is 2. The van der Waals surface area contributed by atoms with Crippen LogP contribution in [0.1, 0.15) is 6.42 Å². The third kappa shape index (κ3) is 5.65. The lowest BCUT2D eigenvalue weighted by molar-refractivity contribution is -0.115. The highest BCUT2D eigenvalue weighted by molar-refractivity contribution is 9.09. The Morgan fingerprint density at radius 1 is 1.47 bits per heavy atom. The summed E-state index contributed by atoms with van der Waals surface area (Å²) in [5.74, 6) is 0.470. The van der Waals surface area contributed by atoms with Gasteiger partial charge in [-0.05, 0) is 6.07 Å². The maximum absolute atomic E-state index is 11.3. The molecule has 17 heavy (non-hydrogen) atoms. The number of nitrogens with zero attached hydrogens (tertiary/aromatic N) is 1. The largest absolute Gasteiger partial charge is 0.475 e. The summed E-state index contributed by atoms with van der Waals surface area (Å²) in [7, 11) is 1.61. The number of carbonyl (C=O) groups is 1. The molecule has 6 heteroatoms. The molecule has 0 fully saturated rings. The van der Waals surface area contributed by atoms with Gasteiger partial charge in [0.1, 0.15) is 6.61 Å². The minimum atomic E-state index is -0.0447. The van der Waals surface area contributed by atoms with Gasteiger partial charge in [-0.2, -0.15) is 0 Å². The zero-order valence-corrected chi connectivity index (χ0v) is 11.2. The number of amides is 1. The fraction of sp³-hybridized carbons (Fsp3) is 0.455. The molecule has 0 saturated carbocycles. The normalized spacial score (nSPS) is 10.0. The van der Waals surface area contributed by atoms with E-state index in [1.54, 1.807) is 25.4 Å². The van der Waals surface area contributed by atoms with Crippen LogP contribution in [0.2, 0.25) is 0 Å². The Morgan fingerprint density at radius 3 is 2.88 bits per heavy atom. The van der Waals surface area contributed by atoms with E-state index in [9.17, 15) is 4.79 Å². The van der Waals surface area contributed by atoms with E-state index in [1.165, 1.54) is 0 Å². The number of hydrogen-bond acceptors (Lipinski definition) is 4. The fourth-order valence-electron chi connectivity index (χ4n) is 1.08. The number of pyridine rings is 1. The van der Waals surface area contributed by atoms with E-state index in [4.69, 9.17) is 9.47 Å². The monoisotopic (exact) mass is 302 g/mol. The van der Waals surface area contributed by atoms with Crippen LogP contribution < -0.4 is 10.1 Å². The van der Waals surface area contributed by atoms with Gasteiger partial charge in [-0.3, -0.25) is 4.79 Å². The molecule has 1 aromatic heterocycles. The third-order valence-corrected chi connectivity index (χ3v) is 2.28. The van der Waals surface area contributed by atoms with Crippen molar-refractivity contribution in [2.45, 2.75) is 6.42 Å². The van der Waals surface area contributed by atoms with Crippen LogP contribution in [0.3, 0.4) is 0 Å². The molecule has 0 aromatic carbocycles. The van der Waals surface area contributed by atoms with Gasteiger partial charge in [0.2, 0.25) is 11.8 Å². The molecule has 1 N–H and O–H groups in total. The first-order chi connectivity index (χ1) is 8.26.